The molecule has 0 saturated carbocycles. The number of halogens is 1. The van der Waals surface area contributed by atoms with Crippen LogP contribution in [0.4, 0.5) is 0 Å². The average molecular weight is 311 g/mol. The quantitative estimate of drug-likeness (QED) is 0.908. The van der Waals surface area contributed by atoms with E-state index >= 15 is 0 Å². The molecule has 1 amide bonds. The highest BCUT2D eigenvalue weighted by Gasteiger charge is 2.28. The van der Waals surface area contributed by atoms with Crippen LogP contribution in [-0.2, 0) is 11.2 Å². The third-order valence-electron chi connectivity index (χ3n) is 3.39. The van der Waals surface area contributed by atoms with Crippen molar-refractivity contribution in [1.29, 1.82) is 0 Å². The number of piperazine rings is 1. The summed E-state index contributed by atoms with van der Waals surface area (Å²) in [6.45, 7) is 5.97. The zero-order valence-corrected chi connectivity index (χ0v) is 12.4. The lowest BCUT2D eigenvalue weighted by Crippen LogP contribution is -2.57. The van der Waals surface area contributed by atoms with E-state index in [1.807, 2.05) is 29.2 Å². The van der Waals surface area contributed by atoms with E-state index in [1.54, 1.807) is 0 Å². The Balaban J connectivity index is 2.04. The molecule has 98 valence electrons. The summed E-state index contributed by atoms with van der Waals surface area (Å²) in [6, 6.07) is 8.51. The van der Waals surface area contributed by atoms with E-state index in [0.29, 0.717) is 6.42 Å². The molecule has 3 nitrogen and oxygen atoms in total. The summed E-state index contributed by atoms with van der Waals surface area (Å²) in [6.07, 6.45) is 0.488. The van der Waals surface area contributed by atoms with Gasteiger partial charge in [-0.1, -0.05) is 28.1 Å². The van der Waals surface area contributed by atoms with E-state index < -0.39 is 0 Å². The largest absolute Gasteiger partial charge is 0.334 e. The lowest BCUT2D eigenvalue weighted by atomic mass is 10.1. The fourth-order valence-electron chi connectivity index (χ4n) is 2.49. The minimum Gasteiger partial charge on any atom is -0.334 e. The predicted octanol–water partition coefficient (Wildman–Crippen LogP) is 2.20. The second kappa shape index (κ2) is 5.85. The standard InChI is InChI=1S/C14H19BrN2O/c1-10-8-16-9-11(2)17(10)14(18)7-12-3-5-13(15)6-4-12/h3-6,10-11,16H,7-9H2,1-2H3. The first-order valence-corrected chi connectivity index (χ1v) is 7.13. The molecule has 2 rings (SSSR count). The van der Waals surface area contributed by atoms with Crippen LogP contribution in [0.5, 0.6) is 0 Å². The van der Waals surface area contributed by atoms with Crippen LogP contribution in [0.25, 0.3) is 0 Å². The average Bonchev–Trinajstić information content (AvgIpc) is 2.32. The van der Waals surface area contributed by atoms with Crippen molar-refractivity contribution in [2.75, 3.05) is 13.1 Å². The van der Waals surface area contributed by atoms with Crippen LogP contribution >= 0.6 is 15.9 Å². The predicted molar refractivity (Wildman–Crippen MR) is 76.5 cm³/mol. The molecule has 1 aliphatic heterocycles. The van der Waals surface area contributed by atoms with E-state index in [9.17, 15) is 4.79 Å². The second-order valence-corrected chi connectivity index (χ2v) is 5.88. The molecule has 4 heteroatoms. The Labute approximate surface area is 117 Å². The highest BCUT2D eigenvalue weighted by Crippen LogP contribution is 2.15. The van der Waals surface area contributed by atoms with Crippen LogP contribution in [0.15, 0.2) is 28.7 Å². The number of nitrogens with zero attached hydrogens (tertiary/aromatic N) is 1. The van der Waals surface area contributed by atoms with Crippen LogP contribution in [-0.4, -0.2) is 36.0 Å². The molecule has 1 saturated heterocycles. The van der Waals surface area contributed by atoms with E-state index in [-0.39, 0.29) is 18.0 Å². The number of hydrogen-bond acceptors (Lipinski definition) is 2. The van der Waals surface area contributed by atoms with Gasteiger partial charge in [0.25, 0.3) is 0 Å². The molecule has 1 aliphatic rings. The van der Waals surface area contributed by atoms with Gasteiger partial charge in [0.1, 0.15) is 0 Å². The lowest BCUT2D eigenvalue weighted by Gasteiger charge is -2.39. The van der Waals surface area contributed by atoms with Gasteiger partial charge >= 0.3 is 0 Å². The zero-order valence-electron chi connectivity index (χ0n) is 10.8. The van der Waals surface area contributed by atoms with Crippen molar-refractivity contribution in [2.24, 2.45) is 0 Å². The molecule has 1 N–H and O–H groups in total. The number of rotatable bonds is 2. The summed E-state index contributed by atoms with van der Waals surface area (Å²) in [4.78, 5) is 14.4. The van der Waals surface area contributed by atoms with Gasteiger partial charge in [0.2, 0.25) is 5.91 Å². The molecule has 0 aliphatic carbocycles. The molecule has 2 atom stereocenters. The van der Waals surface area contributed by atoms with Gasteiger partial charge in [0.05, 0.1) is 6.42 Å². The van der Waals surface area contributed by atoms with E-state index in [1.165, 1.54) is 0 Å². The minimum absolute atomic E-state index is 0.221. The summed E-state index contributed by atoms with van der Waals surface area (Å²) in [5.74, 6) is 0.221. The topological polar surface area (TPSA) is 32.3 Å². The van der Waals surface area contributed by atoms with Crippen molar-refractivity contribution < 1.29 is 4.79 Å². The Bertz CT molecular complexity index is 408. The number of benzene rings is 1. The molecule has 2 unspecified atom stereocenters. The number of amides is 1. The number of carbonyl (C=O) groups is 1. The molecular weight excluding hydrogens is 292 g/mol. The van der Waals surface area contributed by atoms with Gasteiger partial charge in [-0.15, -0.1) is 0 Å². The maximum absolute atomic E-state index is 12.4. The molecule has 1 aromatic carbocycles. The summed E-state index contributed by atoms with van der Waals surface area (Å²) >= 11 is 3.40. The minimum atomic E-state index is 0.221. The van der Waals surface area contributed by atoms with Crippen LogP contribution < -0.4 is 5.32 Å². The maximum Gasteiger partial charge on any atom is 0.227 e. The number of carbonyl (C=O) groups excluding carboxylic acids is 1. The van der Waals surface area contributed by atoms with Gasteiger partial charge in [0.15, 0.2) is 0 Å². The number of hydrogen-bond donors (Lipinski definition) is 1. The van der Waals surface area contributed by atoms with Gasteiger partial charge < -0.3 is 10.2 Å². The molecule has 0 bridgehead atoms. The Hall–Kier alpha value is -0.870. The first-order valence-electron chi connectivity index (χ1n) is 6.34. The molecule has 18 heavy (non-hydrogen) atoms. The number of nitrogens with one attached hydrogen (secondary N) is 1. The van der Waals surface area contributed by atoms with Gasteiger partial charge in [0, 0.05) is 29.6 Å². The first kappa shape index (κ1) is 13.6. The summed E-state index contributed by atoms with van der Waals surface area (Å²) < 4.78 is 1.04. The zero-order chi connectivity index (χ0) is 13.1. The van der Waals surface area contributed by atoms with E-state index in [2.05, 4.69) is 35.1 Å². The summed E-state index contributed by atoms with van der Waals surface area (Å²) in [7, 11) is 0. The molecule has 0 aromatic heterocycles. The molecular formula is C14H19BrN2O. The van der Waals surface area contributed by atoms with E-state index in [0.717, 1.165) is 23.1 Å². The van der Waals surface area contributed by atoms with Gasteiger partial charge in [-0.25, -0.2) is 0 Å². The van der Waals surface area contributed by atoms with Crippen molar-refractivity contribution in [3.63, 3.8) is 0 Å². The molecule has 0 radical (unpaired) electrons. The van der Waals surface area contributed by atoms with Crippen molar-refractivity contribution in [1.82, 2.24) is 10.2 Å². The first-order chi connectivity index (χ1) is 8.58. The Morgan fingerprint density at radius 3 is 2.39 bits per heavy atom. The summed E-state index contributed by atoms with van der Waals surface area (Å²) in [5, 5.41) is 3.34. The monoisotopic (exact) mass is 310 g/mol. The van der Waals surface area contributed by atoms with Crippen molar-refractivity contribution in [3.05, 3.63) is 34.3 Å². The van der Waals surface area contributed by atoms with Crippen LogP contribution in [0, 0.1) is 0 Å². The third-order valence-corrected chi connectivity index (χ3v) is 3.91. The fraction of sp³-hybridized carbons (Fsp3) is 0.500. The SMILES string of the molecule is CC1CNCC(C)N1C(=O)Cc1ccc(Br)cc1. The Kier molecular flexibility index (Phi) is 4.40. The second-order valence-electron chi connectivity index (χ2n) is 4.96. The Morgan fingerprint density at radius 1 is 1.28 bits per heavy atom. The molecule has 1 aromatic rings. The van der Waals surface area contributed by atoms with Crippen molar-refractivity contribution in [2.45, 2.75) is 32.4 Å². The van der Waals surface area contributed by atoms with Crippen LogP contribution in [0.1, 0.15) is 19.4 Å². The highest BCUT2D eigenvalue weighted by molar-refractivity contribution is 9.10. The molecule has 0 spiro atoms. The smallest absolute Gasteiger partial charge is 0.227 e. The van der Waals surface area contributed by atoms with E-state index in [4.69, 9.17) is 0 Å². The van der Waals surface area contributed by atoms with Gasteiger partial charge in [-0.05, 0) is 31.5 Å². The van der Waals surface area contributed by atoms with Crippen molar-refractivity contribution in [3.8, 4) is 0 Å². The van der Waals surface area contributed by atoms with Gasteiger partial charge in [-0.2, -0.15) is 0 Å². The van der Waals surface area contributed by atoms with Crippen molar-refractivity contribution >= 4 is 21.8 Å². The van der Waals surface area contributed by atoms with Crippen LogP contribution in [0.3, 0.4) is 0 Å². The third kappa shape index (κ3) is 3.12. The Morgan fingerprint density at radius 2 is 1.83 bits per heavy atom. The summed E-state index contributed by atoms with van der Waals surface area (Å²) in [5.41, 5.74) is 1.07. The fourth-order valence-corrected chi connectivity index (χ4v) is 2.76. The van der Waals surface area contributed by atoms with Gasteiger partial charge in [-0.3, -0.25) is 4.79 Å². The molecule has 1 heterocycles. The highest BCUT2D eigenvalue weighted by atomic mass is 79.9. The van der Waals surface area contributed by atoms with Crippen LogP contribution in [0.2, 0.25) is 0 Å². The lowest BCUT2D eigenvalue weighted by molar-refractivity contribution is -0.135. The molecule has 1 fully saturated rings. The maximum atomic E-state index is 12.4. The normalized spacial score (nSPS) is 24.1.